The van der Waals surface area contributed by atoms with E-state index >= 15 is 0 Å². The molecule has 5 nitrogen and oxygen atoms in total. The fourth-order valence-corrected chi connectivity index (χ4v) is 2.47. The van der Waals surface area contributed by atoms with Gasteiger partial charge in [-0.25, -0.2) is 0 Å². The highest BCUT2D eigenvalue weighted by molar-refractivity contribution is 6.08. The highest BCUT2D eigenvalue weighted by atomic mass is 15.3. The van der Waals surface area contributed by atoms with Gasteiger partial charge in [0.05, 0.1) is 28.2 Å². The molecule has 2 rings (SSSR count). The minimum Gasteiger partial charge on any atom is -0.311 e. The summed E-state index contributed by atoms with van der Waals surface area (Å²) in [7, 11) is 7.94. The number of guanidine groups is 2. The van der Waals surface area contributed by atoms with Crippen LogP contribution in [0.25, 0.3) is 0 Å². The van der Waals surface area contributed by atoms with Crippen molar-refractivity contribution < 1.29 is 4.58 Å². The predicted octanol–water partition coefficient (Wildman–Crippen LogP) is 3.37. The maximum atomic E-state index is 4.81. The molecule has 0 aromatic heterocycles. The summed E-state index contributed by atoms with van der Waals surface area (Å²) in [4.78, 5) is 6.80. The number of benzene rings is 2. The average molecular weight is 338 g/mol. The zero-order valence-electron chi connectivity index (χ0n) is 16.0. The smallest absolute Gasteiger partial charge is 0.311 e. The van der Waals surface area contributed by atoms with Crippen LogP contribution in [0, 0.1) is 13.8 Å². The molecule has 2 N–H and O–H groups in total. The van der Waals surface area contributed by atoms with Crippen molar-refractivity contribution >= 4 is 23.3 Å². The van der Waals surface area contributed by atoms with Gasteiger partial charge < -0.3 is 10.6 Å². The molecule has 0 unspecified atom stereocenters. The van der Waals surface area contributed by atoms with E-state index in [-0.39, 0.29) is 0 Å². The Morgan fingerprint density at radius 2 is 1.28 bits per heavy atom. The van der Waals surface area contributed by atoms with E-state index in [2.05, 4.69) is 48.7 Å². The summed E-state index contributed by atoms with van der Waals surface area (Å²) < 4.78 is 1.99. The van der Waals surface area contributed by atoms with Crippen LogP contribution in [-0.4, -0.2) is 49.6 Å². The minimum atomic E-state index is 0.681. The van der Waals surface area contributed by atoms with Gasteiger partial charge in [0, 0.05) is 11.4 Å². The third kappa shape index (κ3) is 5.08. The van der Waals surface area contributed by atoms with Crippen molar-refractivity contribution in [3.05, 3.63) is 59.7 Å². The molecule has 0 radical (unpaired) electrons. The van der Waals surface area contributed by atoms with Crippen molar-refractivity contribution in [2.45, 2.75) is 13.8 Å². The number of nitrogens with one attached hydrogen (secondary N) is 2. The number of anilines is 2. The molecule has 0 aliphatic rings. The molecule has 0 saturated heterocycles. The Hall–Kier alpha value is -2.82. The first kappa shape index (κ1) is 18.5. The average Bonchev–Trinajstić information content (AvgIpc) is 2.55. The lowest BCUT2D eigenvalue weighted by atomic mass is 10.2. The normalized spacial score (nSPS) is 10.0. The van der Waals surface area contributed by atoms with Crippen LogP contribution in [0.3, 0.4) is 0 Å². The van der Waals surface area contributed by atoms with E-state index in [4.69, 9.17) is 4.99 Å². The highest BCUT2D eigenvalue weighted by Gasteiger charge is 2.16. The molecule has 0 fully saturated rings. The topological polar surface area (TPSA) is 42.7 Å². The Morgan fingerprint density at radius 1 is 0.840 bits per heavy atom. The number of nitrogens with zero attached hydrogens (tertiary/aromatic N) is 3. The molecule has 132 valence electrons. The fraction of sp³-hybridized carbons (Fsp3) is 0.300. The van der Waals surface area contributed by atoms with Crippen molar-refractivity contribution in [2.24, 2.45) is 4.99 Å². The fourth-order valence-electron chi connectivity index (χ4n) is 2.47. The molecule has 0 amide bonds. The second-order valence-corrected chi connectivity index (χ2v) is 6.43. The minimum absolute atomic E-state index is 0.681. The van der Waals surface area contributed by atoms with Crippen LogP contribution in [0.5, 0.6) is 0 Å². The molecular weight excluding hydrogens is 310 g/mol. The molecule has 0 aliphatic heterocycles. The second kappa shape index (κ2) is 8.33. The van der Waals surface area contributed by atoms with E-state index in [1.165, 1.54) is 0 Å². The van der Waals surface area contributed by atoms with Gasteiger partial charge in [-0.05, 0) is 42.1 Å². The van der Waals surface area contributed by atoms with Crippen LogP contribution in [0.15, 0.2) is 53.5 Å². The molecular formula is C20H28N5+. The molecule has 0 aliphatic carbocycles. The monoisotopic (exact) mass is 338 g/mol. The van der Waals surface area contributed by atoms with Crippen molar-refractivity contribution in [2.75, 3.05) is 38.8 Å². The zero-order chi connectivity index (χ0) is 18.4. The van der Waals surface area contributed by atoms with Gasteiger partial charge in [0.2, 0.25) is 0 Å². The van der Waals surface area contributed by atoms with Crippen LogP contribution >= 0.6 is 0 Å². The Morgan fingerprint density at radius 3 is 1.64 bits per heavy atom. The third-order valence-electron chi connectivity index (χ3n) is 3.81. The third-order valence-corrected chi connectivity index (χ3v) is 3.81. The van der Waals surface area contributed by atoms with Crippen LogP contribution in [0.4, 0.5) is 11.4 Å². The van der Waals surface area contributed by atoms with E-state index in [0.717, 1.165) is 28.5 Å². The van der Waals surface area contributed by atoms with Gasteiger partial charge in [-0.1, -0.05) is 36.4 Å². The van der Waals surface area contributed by atoms with Crippen LogP contribution in [-0.2, 0) is 0 Å². The van der Waals surface area contributed by atoms with E-state index < -0.39 is 0 Å². The molecule has 5 heteroatoms. The Bertz CT molecular complexity index is 737. The molecule has 0 saturated carbocycles. The summed E-state index contributed by atoms with van der Waals surface area (Å²) in [5.41, 5.74) is 4.38. The van der Waals surface area contributed by atoms with E-state index in [0.29, 0.717) is 5.96 Å². The summed E-state index contributed by atoms with van der Waals surface area (Å²) >= 11 is 0. The standard InChI is InChI=1S/C20H27N5/c1-15-11-7-9-13-17(15)21-19(23-20(24(3)4)25(5)6)22-18-14-10-8-12-16(18)2/h7-14H,1-6H3,(H,21,22)/p+1. The van der Waals surface area contributed by atoms with Crippen LogP contribution in [0.1, 0.15) is 11.1 Å². The van der Waals surface area contributed by atoms with Gasteiger partial charge in [-0.15, -0.1) is 0 Å². The molecule has 0 atom stereocenters. The first-order valence-corrected chi connectivity index (χ1v) is 8.34. The van der Waals surface area contributed by atoms with Crippen molar-refractivity contribution in [3.63, 3.8) is 0 Å². The largest absolute Gasteiger partial charge is 0.392 e. The number of para-hydroxylation sites is 2. The van der Waals surface area contributed by atoms with Crippen LogP contribution < -0.4 is 10.6 Å². The van der Waals surface area contributed by atoms with E-state index in [9.17, 15) is 0 Å². The molecule has 2 aromatic rings. The summed E-state index contributed by atoms with van der Waals surface area (Å²) in [6, 6.07) is 16.4. The van der Waals surface area contributed by atoms with Gasteiger partial charge in [0.1, 0.15) is 0 Å². The quantitative estimate of drug-likeness (QED) is 0.501. The SMILES string of the molecule is Cc1ccccc1NC(=NC(N(C)C)=[N+](C)C)Nc1ccccc1C. The van der Waals surface area contributed by atoms with Gasteiger partial charge in [-0.3, -0.25) is 9.48 Å². The lowest BCUT2D eigenvalue weighted by Crippen LogP contribution is -2.32. The summed E-state index contributed by atoms with van der Waals surface area (Å²) in [5, 5.41) is 6.86. The van der Waals surface area contributed by atoms with Crippen molar-refractivity contribution in [1.29, 1.82) is 0 Å². The second-order valence-electron chi connectivity index (χ2n) is 6.43. The van der Waals surface area contributed by atoms with Crippen molar-refractivity contribution in [3.8, 4) is 0 Å². The molecule has 0 spiro atoms. The van der Waals surface area contributed by atoms with Crippen LogP contribution in [0.2, 0.25) is 0 Å². The molecule has 0 heterocycles. The van der Waals surface area contributed by atoms with E-state index in [1.807, 2.05) is 61.9 Å². The van der Waals surface area contributed by atoms with Gasteiger partial charge in [0.25, 0.3) is 5.96 Å². The lowest BCUT2D eigenvalue weighted by molar-refractivity contribution is -0.470. The first-order chi connectivity index (χ1) is 11.9. The number of aliphatic imine (C=N–C) groups is 1. The molecule has 0 bridgehead atoms. The van der Waals surface area contributed by atoms with Gasteiger partial charge in [0.15, 0.2) is 0 Å². The summed E-state index contributed by atoms with van der Waals surface area (Å²) in [5.74, 6) is 1.53. The number of rotatable bonds is 2. The summed E-state index contributed by atoms with van der Waals surface area (Å²) in [6.45, 7) is 4.16. The Balaban J connectivity index is 2.43. The van der Waals surface area contributed by atoms with Gasteiger partial charge in [-0.2, -0.15) is 0 Å². The Kier molecular flexibility index (Phi) is 6.17. The zero-order valence-corrected chi connectivity index (χ0v) is 16.0. The maximum Gasteiger partial charge on any atom is 0.392 e. The first-order valence-electron chi connectivity index (χ1n) is 8.34. The number of aryl methyl sites for hydroxylation is 2. The van der Waals surface area contributed by atoms with Crippen molar-refractivity contribution in [1.82, 2.24) is 4.90 Å². The van der Waals surface area contributed by atoms with E-state index in [1.54, 1.807) is 0 Å². The number of hydrogen-bond donors (Lipinski definition) is 2. The summed E-state index contributed by atoms with van der Waals surface area (Å²) in [6.07, 6.45) is 0. The molecule has 25 heavy (non-hydrogen) atoms. The Labute approximate surface area is 150 Å². The maximum absolute atomic E-state index is 4.81. The lowest BCUT2D eigenvalue weighted by Gasteiger charge is -2.14. The number of hydrogen-bond acceptors (Lipinski definition) is 0. The molecule has 2 aromatic carbocycles. The highest BCUT2D eigenvalue weighted by Crippen LogP contribution is 2.16. The van der Waals surface area contributed by atoms with Gasteiger partial charge >= 0.3 is 5.96 Å². The predicted molar refractivity (Wildman–Crippen MR) is 108 cm³/mol.